The zero-order valence-electron chi connectivity index (χ0n) is 9.91. The lowest BCUT2D eigenvalue weighted by Crippen LogP contribution is -2.54. The molecule has 0 aliphatic carbocycles. The van der Waals surface area contributed by atoms with Gasteiger partial charge in [-0.25, -0.2) is 0 Å². The number of hydrogen-bond acceptors (Lipinski definition) is 2. The summed E-state index contributed by atoms with van der Waals surface area (Å²) in [7, 11) is 0. The van der Waals surface area contributed by atoms with Gasteiger partial charge in [0.1, 0.15) is 0 Å². The lowest BCUT2D eigenvalue weighted by Gasteiger charge is -2.38. The van der Waals surface area contributed by atoms with E-state index in [9.17, 15) is 0 Å². The molecule has 1 fully saturated rings. The van der Waals surface area contributed by atoms with Gasteiger partial charge in [0, 0.05) is 36.7 Å². The maximum atomic E-state index is 5.88. The Morgan fingerprint density at radius 3 is 2.69 bits per heavy atom. The Kier molecular flexibility index (Phi) is 3.85. The Balaban J connectivity index is 2.00. The van der Waals surface area contributed by atoms with Gasteiger partial charge in [-0.15, -0.1) is 0 Å². The second-order valence-electron chi connectivity index (χ2n) is 4.58. The zero-order chi connectivity index (χ0) is 11.5. The molecule has 1 saturated heterocycles. The lowest BCUT2D eigenvalue weighted by molar-refractivity contribution is 0.131. The molecule has 1 heterocycles. The fraction of sp³-hybridized carbons (Fsp3) is 0.538. The van der Waals surface area contributed by atoms with E-state index in [1.807, 2.05) is 12.1 Å². The SMILES string of the molecule is CC1NCCN(Cc2ccc(Cl)cc2)C1C. The van der Waals surface area contributed by atoms with Crippen LogP contribution in [0.15, 0.2) is 24.3 Å². The minimum atomic E-state index is 0.570. The van der Waals surface area contributed by atoms with Gasteiger partial charge >= 0.3 is 0 Å². The van der Waals surface area contributed by atoms with Crippen molar-refractivity contribution < 1.29 is 0 Å². The number of rotatable bonds is 2. The predicted molar refractivity (Wildman–Crippen MR) is 68.8 cm³/mol. The van der Waals surface area contributed by atoms with Gasteiger partial charge in [-0.05, 0) is 31.5 Å². The van der Waals surface area contributed by atoms with Gasteiger partial charge in [0.15, 0.2) is 0 Å². The molecule has 2 atom stereocenters. The minimum Gasteiger partial charge on any atom is -0.311 e. The van der Waals surface area contributed by atoms with Crippen molar-refractivity contribution in [3.8, 4) is 0 Å². The van der Waals surface area contributed by atoms with Crippen LogP contribution in [0.2, 0.25) is 5.02 Å². The van der Waals surface area contributed by atoms with Crippen LogP contribution >= 0.6 is 11.6 Å². The molecule has 0 bridgehead atoms. The van der Waals surface area contributed by atoms with Crippen LogP contribution in [0, 0.1) is 0 Å². The molecule has 0 aromatic heterocycles. The molecule has 2 unspecified atom stereocenters. The van der Waals surface area contributed by atoms with Crippen LogP contribution in [0.25, 0.3) is 0 Å². The summed E-state index contributed by atoms with van der Waals surface area (Å²) in [5.74, 6) is 0. The van der Waals surface area contributed by atoms with E-state index in [1.165, 1.54) is 5.56 Å². The molecule has 1 aliphatic heterocycles. The van der Waals surface area contributed by atoms with Crippen LogP contribution in [0.5, 0.6) is 0 Å². The number of hydrogen-bond donors (Lipinski definition) is 1. The van der Waals surface area contributed by atoms with Crippen molar-refractivity contribution >= 4 is 11.6 Å². The van der Waals surface area contributed by atoms with Crippen molar-refractivity contribution in [2.75, 3.05) is 13.1 Å². The summed E-state index contributed by atoms with van der Waals surface area (Å²) in [5.41, 5.74) is 1.34. The number of piperazine rings is 1. The first-order valence-electron chi connectivity index (χ1n) is 5.88. The fourth-order valence-electron chi connectivity index (χ4n) is 2.17. The average Bonchev–Trinajstić information content (AvgIpc) is 2.28. The molecule has 3 heteroatoms. The third kappa shape index (κ3) is 2.76. The summed E-state index contributed by atoms with van der Waals surface area (Å²) in [6.45, 7) is 7.75. The Morgan fingerprint density at radius 1 is 1.31 bits per heavy atom. The van der Waals surface area contributed by atoms with Crippen LogP contribution in [0.1, 0.15) is 19.4 Å². The highest BCUT2D eigenvalue weighted by Crippen LogP contribution is 2.15. The van der Waals surface area contributed by atoms with E-state index in [0.29, 0.717) is 12.1 Å². The van der Waals surface area contributed by atoms with Gasteiger partial charge in [-0.3, -0.25) is 4.90 Å². The number of halogens is 1. The molecule has 88 valence electrons. The topological polar surface area (TPSA) is 15.3 Å². The largest absolute Gasteiger partial charge is 0.311 e. The van der Waals surface area contributed by atoms with Gasteiger partial charge in [-0.2, -0.15) is 0 Å². The Labute approximate surface area is 103 Å². The van der Waals surface area contributed by atoms with Crippen molar-refractivity contribution in [3.63, 3.8) is 0 Å². The van der Waals surface area contributed by atoms with Crippen LogP contribution in [0.4, 0.5) is 0 Å². The number of nitrogens with zero attached hydrogens (tertiary/aromatic N) is 1. The van der Waals surface area contributed by atoms with Crippen LogP contribution in [-0.2, 0) is 6.54 Å². The molecule has 1 aliphatic rings. The maximum Gasteiger partial charge on any atom is 0.0406 e. The summed E-state index contributed by atoms with van der Waals surface area (Å²) in [6.07, 6.45) is 0. The molecule has 0 spiro atoms. The average molecular weight is 239 g/mol. The quantitative estimate of drug-likeness (QED) is 0.852. The molecule has 1 aromatic rings. The second-order valence-corrected chi connectivity index (χ2v) is 5.02. The van der Waals surface area contributed by atoms with Crippen molar-refractivity contribution in [2.24, 2.45) is 0 Å². The third-order valence-electron chi connectivity index (χ3n) is 3.46. The number of nitrogens with one attached hydrogen (secondary N) is 1. The Hall–Kier alpha value is -0.570. The smallest absolute Gasteiger partial charge is 0.0406 e. The van der Waals surface area contributed by atoms with Gasteiger partial charge in [0.25, 0.3) is 0 Å². The first-order chi connectivity index (χ1) is 7.66. The van der Waals surface area contributed by atoms with Crippen LogP contribution in [0.3, 0.4) is 0 Å². The molecule has 1 aromatic carbocycles. The van der Waals surface area contributed by atoms with E-state index in [0.717, 1.165) is 24.7 Å². The monoisotopic (exact) mass is 238 g/mol. The third-order valence-corrected chi connectivity index (χ3v) is 3.72. The molecule has 16 heavy (non-hydrogen) atoms. The van der Waals surface area contributed by atoms with Gasteiger partial charge in [0.05, 0.1) is 0 Å². The second kappa shape index (κ2) is 5.17. The first-order valence-corrected chi connectivity index (χ1v) is 6.26. The molecular formula is C13H19ClN2. The summed E-state index contributed by atoms with van der Waals surface area (Å²) >= 11 is 5.88. The maximum absolute atomic E-state index is 5.88. The van der Waals surface area contributed by atoms with Crippen molar-refractivity contribution in [1.29, 1.82) is 0 Å². The Bertz CT molecular complexity index is 336. The molecule has 2 rings (SSSR count). The summed E-state index contributed by atoms with van der Waals surface area (Å²) in [4.78, 5) is 2.52. The van der Waals surface area contributed by atoms with Crippen molar-refractivity contribution in [2.45, 2.75) is 32.5 Å². The van der Waals surface area contributed by atoms with E-state index in [4.69, 9.17) is 11.6 Å². The summed E-state index contributed by atoms with van der Waals surface area (Å²) in [6, 6.07) is 9.31. The normalized spacial score (nSPS) is 26.9. The first kappa shape index (κ1) is 11.9. The lowest BCUT2D eigenvalue weighted by atomic mass is 10.1. The van der Waals surface area contributed by atoms with E-state index < -0.39 is 0 Å². The van der Waals surface area contributed by atoms with Crippen molar-refractivity contribution in [3.05, 3.63) is 34.9 Å². The van der Waals surface area contributed by atoms with E-state index in [2.05, 4.69) is 36.2 Å². The standard InChI is InChI=1S/C13H19ClN2/c1-10-11(2)16(8-7-15-10)9-12-3-5-13(14)6-4-12/h3-6,10-11,15H,7-9H2,1-2H3. The van der Waals surface area contributed by atoms with E-state index in [-0.39, 0.29) is 0 Å². The minimum absolute atomic E-state index is 0.570. The fourth-order valence-corrected chi connectivity index (χ4v) is 2.30. The molecule has 2 nitrogen and oxygen atoms in total. The van der Waals surface area contributed by atoms with Gasteiger partial charge in [-0.1, -0.05) is 23.7 Å². The molecule has 1 N–H and O–H groups in total. The van der Waals surface area contributed by atoms with Gasteiger partial charge < -0.3 is 5.32 Å². The highest BCUT2D eigenvalue weighted by Gasteiger charge is 2.23. The predicted octanol–water partition coefficient (Wildman–Crippen LogP) is 2.52. The summed E-state index contributed by atoms with van der Waals surface area (Å²) in [5, 5.41) is 4.30. The Morgan fingerprint density at radius 2 is 2.00 bits per heavy atom. The van der Waals surface area contributed by atoms with Crippen LogP contribution < -0.4 is 5.32 Å². The molecule has 0 amide bonds. The van der Waals surface area contributed by atoms with Gasteiger partial charge in [0.2, 0.25) is 0 Å². The molecule has 0 saturated carbocycles. The summed E-state index contributed by atoms with van der Waals surface area (Å²) < 4.78 is 0. The molecular weight excluding hydrogens is 220 g/mol. The van der Waals surface area contributed by atoms with Crippen LogP contribution in [-0.4, -0.2) is 30.1 Å². The van der Waals surface area contributed by atoms with E-state index >= 15 is 0 Å². The highest BCUT2D eigenvalue weighted by atomic mass is 35.5. The van der Waals surface area contributed by atoms with E-state index in [1.54, 1.807) is 0 Å². The van der Waals surface area contributed by atoms with Crippen molar-refractivity contribution in [1.82, 2.24) is 10.2 Å². The highest BCUT2D eigenvalue weighted by molar-refractivity contribution is 6.30. The molecule has 0 radical (unpaired) electrons. The number of benzene rings is 1. The zero-order valence-corrected chi connectivity index (χ0v) is 10.7.